The minimum Gasteiger partial charge on any atom is -0.657 e. The normalized spacial score (nSPS) is 10.3. The van der Waals surface area contributed by atoms with Crippen LogP contribution in [0.3, 0.4) is 0 Å². The molecule has 0 fully saturated rings. The topological polar surface area (TPSA) is 39.9 Å². The van der Waals surface area contributed by atoms with Crippen LogP contribution in [0.4, 0.5) is 0 Å². The Bertz CT molecular complexity index is 1450. The van der Waals surface area contributed by atoms with Crippen molar-refractivity contribution in [3.63, 3.8) is 0 Å². The summed E-state index contributed by atoms with van der Waals surface area (Å²) in [7, 11) is 0. The molecule has 3 aromatic heterocycles. The molecular formula is C28H18ClN3Ni. The van der Waals surface area contributed by atoms with Gasteiger partial charge in [-0.1, -0.05) is 95.5 Å². The zero-order chi connectivity index (χ0) is 21.8. The average molecular weight is 491 g/mol. The molecule has 0 radical (unpaired) electrons. The van der Waals surface area contributed by atoms with Crippen LogP contribution < -0.4 is 4.98 Å². The van der Waals surface area contributed by atoms with E-state index >= 15 is 0 Å². The summed E-state index contributed by atoms with van der Waals surface area (Å²) in [6.45, 7) is 0. The van der Waals surface area contributed by atoms with E-state index in [0.29, 0.717) is 5.15 Å². The maximum atomic E-state index is 5.91. The number of para-hydroxylation sites is 2. The monoisotopic (exact) mass is 489 g/mol. The van der Waals surface area contributed by atoms with Crippen molar-refractivity contribution < 1.29 is 16.5 Å². The van der Waals surface area contributed by atoms with E-state index < -0.39 is 0 Å². The fourth-order valence-corrected chi connectivity index (χ4v) is 3.74. The molecule has 0 saturated heterocycles. The number of pyridine rings is 2. The van der Waals surface area contributed by atoms with Gasteiger partial charge in [0.25, 0.3) is 0 Å². The number of aromatic nitrogens is 3. The van der Waals surface area contributed by atoms with Gasteiger partial charge in [0.2, 0.25) is 0 Å². The average Bonchev–Trinajstić information content (AvgIpc) is 3.24. The molecule has 162 valence electrons. The second-order valence-corrected chi connectivity index (χ2v) is 7.57. The van der Waals surface area contributed by atoms with Crippen molar-refractivity contribution in [1.29, 1.82) is 0 Å². The standard InChI is InChI=1S/C16H10ClN2.C12H8N.Ni/c17-16-9-4-8-15(19-16)13-6-3-5-12(11-13)14-7-1-2-10-18-14;1-3-7-11-9(5-1)10-6-2-4-8-12(10)13-11;/h1-10H;1-8H;/q2*-1;+2. The number of benzene rings is 3. The van der Waals surface area contributed by atoms with E-state index in [-0.39, 0.29) is 16.5 Å². The van der Waals surface area contributed by atoms with Gasteiger partial charge in [0.1, 0.15) is 5.15 Å². The predicted octanol–water partition coefficient (Wildman–Crippen LogP) is 7.21. The second kappa shape index (κ2) is 10.4. The Morgan fingerprint density at radius 1 is 0.606 bits per heavy atom. The summed E-state index contributed by atoms with van der Waals surface area (Å²) >= 11 is 5.91. The molecule has 0 aliphatic rings. The van der Waals surface area contributed by atoms with Crippen molar-refractivity contribution >= 4 is 33.4 Å². The van der Waals surface area contributed by atoms with Crippen LogP contribution in [0.25, 0.3) is 44.3 Å². The van der Waals surface area contributed by atoms with Gasteiger partial charge in [-0.25, -0.2) is 0 Å². The van der Waals surface area contributed by atoms with E-state index in [4.69, 9.17) is 11.6 Å². The Labute approximate surface area is 207 Å². The van der Waals surface area contributed by atoms with Crippen molar-refractivity contribution in [3.05, 3.63) is 121 Å². The van der Waals surface area contributed by atoms with Gasteiger partial charge in [0, 0.05) is 17.6 Å². The zero-order valence-electron chi connectivity index (χ0n) is 17.4. The van der Waals surface area contributed by atoms with Gasteiger partial charge in [0.15, 0.2) is 0 Å². The summed E-state index contributed by atoms with van der Waals surface area (Å²) in [6, 6.07) is 37.1. The van der Waals surface area contributed by atoms with Crippen LogP contribution >= 0.6 is 11.6 Å². The maximum absolute atomic E-state index is 5.91. The van der Waals surface area contributed by atoms with Gasteiger partial charge in [-0.05, 0) is 22.9 Å². The number of halogens is 1. The van der Waals surface area contributed by atoms with Crippen molar-refractivity contribution in [3.8, 4) is 22.5 Å². The molecule has 0 bridgehead atoms. The molecule has 0 unspecified atom stereocenters. The van der Waals surface area contributed by atoms with E-state index in [1.807, 2.05) is 60.7 Å². The van der Waals surface area contributed by atoms with Crippen LogP contribution in [-0.4, -0.2) is 9.97 Å². The Balaban J connectivity index is 0.000000162. The van der Waals surface area contributed by atoms with Crippen LogP contribution in [0.2, 0.25) is 5.15 Å². The molecule has 0 spiro atoms. The van der Waals surface area contributed by atoms with E-state index in [9.17, 15) is 0 Å². The van der Waals surface area contributed by atoms with Crippen molar-refractivity contribution in [2.24, 2.45) is 0 Å². The first-order chi connectivity index (χ1) is 15.8. The summed E-state index contributed by atoms with van der Waals surface area (Å²) in [4.78, 5) is 13.1. The summed E-state index contributed by atoms with van der Waals surface area (Å²) in [5, 5.41) is 2.98. The molecule has 0 atom stereocenters. The molecule has 6 rings (SSSR count). The molecule has 5 heteroatoms. The molecular weight excluding hydrogens is 472 g/mol. The fraction of sp³-hybridized carbons (Fsp3) is 0. The van der Waals surface area contributed by atoms with Crippen molar-refractivity contribution in [2.45, 2.75) is 0 Å². The number of fused-ring (bicyclic) bond motifs is 3. The quantitative estimate of drug-likeness (QED) is 0.146. The first kappa shape index (κ1) is 22.7. The summed E-state index contributed by atoms with van der Waals surface area (Å²) in [5.41, 5.74) is 5.73. The molecule has 3 aromatic carbocycles. The van der Waals surface area contributed by atoms with Gasteiger partial charge in [-0.3, -0.25) is 9.97 Å². The predicted molar refractivity (Wildman–Crippen MR) is 132 cm³/mol. The van der Waals surface area contributed by atoms with Gasteiger partial charge < -0.3 is 4.98 Å². The third kappa shape index (κ3) is 5.14. The van der Waals surface area contributed by atoms with Gasteiger partial charge in [-0.15, -0.1) is 35.3 Å². The summed E-state index contributed by atoms with van der Waals surface area (Å²) in [6.07, 6.45) is 1.77. The van der Waals surface area contributed by atoms with Crippen LogP contribution in [0.15, 0.2) is 109 Å². The molecule has 0 saturated carbocycles. The van der Waals surface area contributed by atoms with Crippen molar-refractivity contribution in [2.75, 3.05) is 0 Å². The Morgan fingerprint density at radius 2 is 1.18 bits per heavy atom. The SMILES string of the molecule is Clc1cccc(-c2[c-]c(-c3ccccn3)ccc2)n1.[Ni+2].c1ccc2c(c1)[n-]c1ccccc12. The molecule has 33 heavy (non-hydrogen) atoms. The molecule has 0 aliphatic heterocycles. The summed E-state index contributed by atoms with van der Waals surface area (Å²) in [5.74, 6) is 0. The molecule has 3 nitrogen and oxygen atoms in total. The Hall–Kier alpha value is -3.46. The number of hydrogen-bond donors (Lipinski definition) is 0. The molecule has 0 N–H and O–H groups in total. The minimum atomic E-state index is 0. The van der Waals surface area contributed by atoms with Gasteiger partial charge in [0.05, 0.1) is 0 Å². The smallest absolute Gasteiger partial charge is 0.657 e. The summed E-state index contributed by atoms with van der Waals surface area (Å²) < 4.78 is 0. The zero-order valence-corrected chi connectivity index (χ0v) is 19.2. The van der Waals surface area contributed by atoms with Gasteiger partial charge >= 0.3 is 16.5 Å². The van der Waals surface area contributed by atoms with E-state index in [0.717, 1.165) is 33.5 Å². The van der Waals surface area contributed by atoms with Crippen LogP contribution in [0.5, 0.6) is 0 Å². The van der Waals surface area contributed by atoms with Crippen LogP contribution in [0.1, 0.15) is 0 Å². The van der Waals surface area contributed by atoms with E-state index in [1.54, 1.807) is 12.3 Å². The number of nitrogens with zero attached hydrogens (tertiary/aromatic N) is 3. The Kier molecular flexibility index (Phi) is 7.19. The van der Waals surface area contributed by atoms with E-state index in [1.165, 1.54) is 10.8 Å². The molecule has 6 aromatic rings. The third-order valence-corrected chi connectivity index (χ3v) is 5.28. The maximum Gasteiger partial charge on any atom is 2.00 e. The van der Waals surface area contributed by atoms with Crippen LogP contribution in [0, 0.1) is 6.07 Å². The first-order valence-electron chi connectivity index (χ1n) is 10.2. The minimum absolute atomic E-state index is 0. The van der Waals surface area contributed by atoms with Gasteiger partial charge in [-0.2, -0.15) is 0 Å². The van der Waals surface area contributed by atoms with Crippen LogP contribution in [-0.2, 0) is 16.5 Å². The molecule has 0 aliphatic carbocycles. The largest absolute Gasteiger partial charge is 2.00 e. The molecule has 0 amide bonds. The van der Waals surface area contributed by atoms with E-state index in [2.05, 4.69) is 57.4 Å². The van der Waals surface area contributed by atoms with Crippen molar-refractivity contribution in [1.82, 2.24) is 15.0 Å². The number of hydrogen-bond acceptors (Lipinski definition) is 2. The fourth-order valence-electron chi connectivity index (χ4n) is 3.58. The third-order valence-electron chi connectivity index (χ3n) is 5.07. The number of rotatable bonds is 2. The first-order valence-corrected chi connectivity index (χ1v) is 10.6. The Morgan fingerprint density at radius 3 is 1.82 bits per heavy atom. The molecule has 3 heterocycles. The second-order valence-electron chi connectivity index (χ2n) is 7.18.